The molecule has 0 aliphatic rings. The Morgan fingerprint density at radius 1 is 0.967 bits per heavy atom. The van der Waals surface area contributed by atoms with Gasteiger partial charge in [-0.15, -0.1) is 0 Å². The van der Waals surface area contributed by atoms with Crippen molar-refractivity contribution in [2.45, 2.75) is 13.5 Å². The van der Waals surface area contributed by atoms with Gasteiger partial charge in [0.25, 0.3) is 0 Å². The molecule has 30 heavy (non-hydrogen) atoms. The molecule has 0 unspecified atom stereocenters. The predicted octanol–water partition coefficient (Wildman–Crippen LogP) is 4.63. The molecule has 6 heteroatoms. The minimum atomic E-state index is -0.974. The lowest BCUT2D eigenvalue weighted by Crippen LogP contribution is -2.05. The zero-order chi connectivity index (χ0) is 21.1. The Bertz CT molecular complexity index is 1210. The smallest absolute Gasteiger partial charge is 0.338 e. The van der Waals surface area contributed by atoms with Crippen LogP contribution in [0.3, 0.4) is 0 Å². The summed E-state index contributed by atoms with van der Waals surface area (Å²) in [5.41, 5.74) is 4.12. The van der Waals surface area contributed by atoms with Gasteiger partial charge in [-0.3, -0.25) is 0 Å². The zero-order valence-electron chi connectivity index (χ0n) is 16.4. The number of imidazole rings is 1. The molecule has 6 nitrogen and oxygen atoms in total. The van der Waals surface area contributed by atoms with Crippen LogP contribution in [0.5, 0.6) is 0 Å². The third kappa shape index (κ3) is 3.80. The molecule has 4 rings (SSSR count). The van der Waals surface area contributed by atoms with Gasteiger partial charge in [-0.25, -0.2) is 14.6 Å². The molecule has 0 aliphatic carbocycles. The van der Waals surface area contributed by atoms with Gasteiger partial charge in [0.2, 0.25) is 0 Å². The van der Waals surface area contributed by atoms with Gasteiger partial charge in [0.15, 0.2) is 0 Å². The van der Waals surface area contributed by atoms with E-state index in [1.54, 1.807) is 43.3 Å². The fraction of sp³-hybridized carbons (Fsp3) is 0.125. The van der Waals surface area contributed by atoms with Gasteiger partial charge < -0.3 is 14.4 Å². The van der Waals surface area contributed by atoms with Gasteiger partial charge in [0.05, 0.1) is 28.8 Å². The molecule has 0 radical (unpaired) electrons. The predicted molar refractivity (Wildman–Crippen MR) is 114 cm³/mol. The number of aromatic carboxylic acids is 1. The van der Waals surface area contributed by atoms with Crippen LogP contribution in [-0.2, 0) is 11.3 Å². The number of carbonyl (C=O) groups is 2. The standard InChI is InChI=1S/C24H20N2O4/c1-2-30-24(29)19-12-13-21-20(14-19)25-22(17-8-10-18(11-9-17)23(27)28)26(21)15-16-6-4-3-5-7-16/h3-14H,2,15H2,1H3,(H,27,28). The van der Waals surface area contributed by atoms with Crippen molar-refractivity contribution in [2.75, 3.05) is 6.61 Å². The number of esters is 1. The van der Waals surface area contributed by atoms with Crippen LogP contribution in [0.2, 0.25) is 0 Å². The number of nitrogens with zero attached hydrogens (tertiary/aromatic N) is 2. The maximum atomic E-state index is 12.1. The van der Waals surface area contributed by atoms with E-state index in [2.05, 4.69) is 4.57 Å². The van der Waals surface area contributed by atoms with E-state index >= 15 is 0 Å². The molecule has 150 valence electrons. The second-order valence-electron chi connectivity index (χ2n) is 6.81. The minimum absolute atomic E-state index is 0.217. The molecule has 0 fully saturated rings. The Labute approximate surface area is 173 Å². The number of aromatic nitrogens is 2. The molecule has 3 aromatic carbocycles. The first-order valence-corrected chi connectivity index (χ1v) is 9.62. The van der Waals surface area contributed by atoms with E-state index in [1.165, 1.54) is 0 Å². The van der Waals surface area contributed by atoms with E-state index in [4.69, 9.17) is 9.72 Å². The lowest BCUT2D eigenvalue weighted by molar-refractivity contribution is 0.0526. The molecule has 1 aromatic heterocycles. The Hall–Kier alpha value is -3.93. The van der Waals surface area contributed by atoms with Crippen LogP contribution < -0.4 is 0 Å². The molecule has 0 spiro atoms. The number of hydrogen-bond acceptors (Lipinski definition) is 4. The number of benzene rings is 3. The number of hydrogen-bond donors (Lipinski definition) is 1. The maximum absolute atomic E-state index is 12.1. The number of ether oxygens (including phenoxy) is 1. The molecular formula is C24H20N2O4. The second kappa shape index (κ2) is 8.21. The molecule has 0 aliphatic heterocycles. The van der Waals surface area contributed by atoms with Crippen LogP contribution in [-0.4, -0.2) is 33.2 Å². The second-order valence-corrected chi connectivity index (χ2v) is 6.81. The molecule has 1 heterocycles. The highest BCUT2D eigenvalue weighted by Crippen LogP contribution is 2.27. The van der Waals surface area contributed by atoms with E-state index in [0.717, 1.165) is 16.6 Å². The van der Waals surface area contributed by atoms with Crippen molar-refractivity contribution in [1.29, 1.82) is 0 Å². The van der Waals surface area contributed by atoms with Gasteiger partial charge in [-0.2, -0.15) is 0 Å². The van der Waals surface area contributed by atoms with Gasteiger partial charge in [-0.1, -0.05) is 42.5 Å². The average Bonchev–Trinajstić information content (AvgIpc) is 3.12. The maximum Gasteiger partial charge on any atom is 0.338 e. The van der Waals surface area contributed by atoms with Crippen molar-refractivity contribution in [3.8, 4) is 11.4 Å². The summed E-state index contributed by atoms with van der Waals surface area (Å²) in [7, 11) is 0. The highest BCUT2D eigenvalue weighted by atomic mass is 16.5. The highest BCUT2D eigenvalue weighted by molar-refractivity contribution is 5.94. The molecule has 0 saturated heterocycles. The van der Waals surface area contributed by atoms with E-state index in [-0.39, 0.29) is 11.5 Å². The van der Waals surface area contributed by atoms with Crippen molar-refractivity contribution in [3.05, 3.63) is 89.5 Å². The Morgan fingerprint density at radius 3 is 2.33 bits per heavy atom. The number of carboxylic acids is 1. The highest BCUT2D eigenvalue weighted by Gasteiger charge is 2.16. The first kappa shape index (κ1) is 19.4. The van der Waals surface area contributed by atoms with Crippen LogP contribution in [0.1, 0.15) is 33.2 Å². The normalized spacial score (nSPS) is 10.8. The molecule has 0 atom stereocenters. The summed E-state index contributed by atoms with van der Waals surface area (Å²) in [6, 6.07) is 22.0. The summed E-state index contributed by atoms with van der Waals surface area (Å²) >= 11 is 0. The summed E-state index contributed by atoms with van der Waals surface area (Å²) in [4.78, 5) is 28.1. The SMILES string of the molecule is CCOC(=O)c1ccc2c(c1)nc(-c1ccc(C(=O)O)cc1)n2Cc1ccccc1. The molecule has 0 bridgehead atoms. The van der Waals surface area contributed by atoms with Crippen molar-refractivity contribution >= 4 is 23.0 Å². The largest absolute Gasteiger partial charge is 0.478 e. The molecule has 4 aromatic rings. The Morgan fingerprint density at radius 2 is 1.67 bits per heavy atom. The number of fused-ring (bicyclic) bond motifs is 1. The molecule has 0 saturated carbocycles. The Kier molecular flexibility index (Phi) is 5.30. The summed E-state index contributed by atoms with van der Waals surface area (Å²) in [5, 5.41) is 9.17. The van der Waals surface area contributed by atoms with Crippen LogP contribution in [0.4, 0.5) is 0 Å². The number of rotatable bonds is 6. The summed E-state index contributed by atoms with van der Waals surface area (Å²) < 4.78 is 7.17. The van der Waals surface area contributed by atoms with Crippen LogP contribution in [0, 0.1) is 0 Å². The third-order valence-corrected chi connectivity index (χ3v) is 4.83. The first-order valence-electron chi connectivity index (χ1n) is 9.62. The van der Waals surface area contributed by atoms with E-state index in [1.807, 2.05) is 36.4 Å². The van der Waals surface area contributed by atoms with Gasteiger partial charge in [0.1, 0.15) is 5.82 Å². The molecule has 0 amide bonds. The van der Waals surface area contributed by atoms with Crippen molar-refractivity contribution in [2.24, 2.45) is 0 Å². The van der Waals surface area contributed by atoms with Crippen molar-refractivity contribution in [3.63, 3.8) is 0 Å². The third-order valence-electron chi connectivity index (χ3n) is 4.83. The van der Waals surface area contributed by atoms with Gasteiger partial charge >= 0.3 is 11.9 Å². The fourth-order valence-corrected chi connectivity index (χ4v) is 3.38. The zero-order valence-corrected chi connectivity index (χ0v) is 16.4. The fourth-order valence-electron chi connectivity index (χ4n) is 3.38. The average molecular weight is 400 g/mol. The topological polar surface area (TPSA) is 81.4 Å². The van der Waals surface area contributed by atoms with Crippen LogP contribution in [0.25, 0.3) is 22.4 Å². The lowest BCUT2D eigenvalue weighted by Gasteiger charge is -2.10. The summed E-state index contributed by atoms with van der Waals surface area (Å²) in [6.45, 7) is 2.66. The Balaban J connectivity index is 1.84. The van der Waals surface area contributed by atoms with Crippen LogP contribution in [0.15, 0.2) is 72.8 Å². The monoisotopic (exact) mass is 400 g/mol. The van der Waals surface area contributed by atoms with Crippen molar-refractivity contribution < 1.29 is 19.4 Å². The summed E-state index contributed by atoms with van der Waals surface area (Å²) in [5.74, 6) is -0.658. The van der Waals surface area contributed by atoms with E-state index in [9.17, 15) is 14.7 Å². The first-order chi connectivity index (χ1) is 14.6. The molecule has 1 N–H and O–H groups in total. The lowest BCUT2D eigenvalue weighted by atomic mass is 10.1. The summed E-state index contributed by atoms with van der Waals surface area (Å²) in [6.07, 6.45) is 0. The van der Waals surface area contributed by atoms with Gasteiger partial charge in [-0.05, 0) is 42.8 Å². The van der Waals surface area contributed by atoms with Crippen LogP contribution >= 0.6 is 0 Å². The van der Waals surface area contributed by atoms with E-state index in [0.29, 0.717) is 30.1 Å². The quantitative estimate of drug-likeness (QED) is 0.478. The van der Waals surface area contributed by atoms with Gasteiger partial charge in [0, 0.05) is 12.1 Å². The van der Waals surface area contributed by atoms with E-state index < -0.39 is 5.97 Å². The minimum Gasteiger partial charge on any atom is -0.478 e. The molecular weight excluding hydrogens is 380 g/mol. The number of carboxylic acid groups (broad SMARTS) is 1. The number of carbonyl (C=O) groups excluding carboxylic acids is 1. The van der Waals surface area contributed by atoms with Crippen molar-refractivity contribution in [1.82, 2.24) is 9.55 Å².